The van der Waals surface area contributed by atoms with E-state index in [0.29, 0.717) is 0 Å². The summed E-state index contributed by atoms with van der Waals surface area (Å²) < 4.78 is 5.18. The SMILES string of the molecule is COc1cccc(NC(=O)C(C)Sc2ccc3ccccc3c2)c1. The van der Waals surface area contributed by atoms with Crippen molar-refractivity contribution >= 4 is 34.1 Å². The molecule has 1 unspecified atom stereocenters. The Bertz CT molecular complexity index is 863. The monoisotopic (exact) mass is 337 g/mol. The summed E-state index contributed by atoms with van der Waals surface area (Å²) in [6.07, 6.45) is 0. The number of carbonyl (C=O) groups is 1. The molecule has 3 aromatic carbocycles. The van der Waals surface area contributed by atoms with Gasteiger partial charge in [0.15, 0.2) is 0 Å². The Labute approximate surface area is 146 Å². The Balaban J connectivity index is 1.68. The molecule has 24 heavy (non-hydrogen) atoms. The first-order valence-electron chi connectivity index (χ1n) is 7.76. The molecular formula is C20H19NO2S. The third-order valence-corrected chi connectivity index (χ3v) is 4.83. The predicted octanol–water partition coefficient (Wildman–Crippen LogP) is 4.97. The largest absolute Gasteiger partial charge is 0.497 e. The fourth-order valence-electron chi connectivity index (χ4n) is 2.44. The molecule has 4 heteroatoms. The number of rotatable bonds is 5. The number of nitrogens with one attached hydrogen (secondary N) is 1. The standard InChI is InChI=1S/C20H19NO2S/c1-14(20(22)21-17-8-5-9-18(13-17)23-2)24-19-11-10-15-6-3-4-7-16(15)12-19/h3-14H,1-2H3,(H,21,22). The average Bonchev–Trinajstić information content (AvgIpc) is 2.61. The van der Waals surface area contributed by atoms with E-state index in [4.69, 9.17) is 4.74 Å². The van der Waals surface area contributed by atoms with E-state index in [1.54, 1.807) is 18.9 Å². The molecule has 0 saturated carbocycles. The van der Waals surface area contributed by atoms with E-state index >= 15 is 0 Å². The van der Waals surface area contributed by atoms with Crippen LogP contribution in [0.1, 0.15) is 6.92 Å². The highest BCUT2D eigenvalue weighted by atomic mass is 32.2. The summed E-state index contributed by atoms with van der Waals surface area (Å²) in [5.41, 5.74) is 0.741. The van der Waals surface area contributed by atoms with Crippen molar-refractivity contribution in [2.24, 2.45) is 0 Å². The minimum atomic E-state index is -0.197. The number of ether oxygens (including phenoxy) is 1. The minimum Gasteiger partial charge on any atom is -0.497 e. The zero-order chi connectivity index (χ0) is 16.9. The Morgan fingerprint density at radius 3 is 2.58 bits per heavy atom. The van der Waals surface area contributed by atoms with E-state index < -0.39 is 0 Å². The lowest BCUT2D eigenvalue weighted by molar-refractivity contribution is -0.115. The molecule has 1 amide bonds. The van der Waals surface area contributed by atoms with Crippen LogP contribution in [0.5, 0.6) is 5.75 Å². The fourth-order valence-corrected chi connectivity index (χ4v) is 3.36. The second-order valence-electron chi connectivity index (χ2n) is 5.49. The number of hydrogen-bond donors (Lipinski definition) is 1. The molecule has 3 aromatic rings. The van der Waals surface area contributed by atoms with Crippen LogP contribution in [0.2, 0.25) is 0 Å². The number of anilines is 1. The van der Waals surface area contributed by atoms with Gasteiger partial charge in [-0.15, -0.1) is 11.8 Å². The van der Waals surface area contributed by atoms with Gasteiger partial charge in [0, 0.05) is 16.6 Å². The Morgan fingerprint density at radius 1 is 1.00 bits per heavy atom. The van der Waals surface area contributed by atoms with Crippen molar-refractivity contribution in [3.05, 3.63) is 66.7 Å². The summed E-state index contributed by atoms with van der Waals surface area (Å²) in [4.78, 5) is 13.5. The molecule has 0 bridgehead atoms. The minimum absolute atomic E-state index is 0.0265. The predicted molar refractivity (Wildman–Crippen MR) is 101 cm³/mol. The van der Waals surface area contributed by atoms with Crippen LogP contribution in [0.15, 0.2) is 71.6 Å². The van der Waals surface area contributed by atoms with Crippen LogP contribution in [-0.2, 0) is 4.79 Å². The molecule has 1 N–H and O–H groups in total. The van der Waals surface area contributed by atoms with E-state index in [9.17, 15) is 4.79 Å². The smallest absolute Gasteiger partial charge is 0.237 e. The van der Waals surface area contributed by atoms with Gasteiger partial charge in [0.05, 0.1) is 12.4 Å². The van der Waals surface area contributed by atoms with Gasteiger partial charge in [-0.1, -0.05) is 36.4 Å². The number of thioether (sulfide) groups is 1. The number of benzene rings is 3. The maximum absolute atomic E-state index is 12.4. The third-order valence-electron chi connectivity index (χ3n) is 3.74. The molecule has 0 spiro atoms. The lowest BCUT2D eigenvalue weighted by Crippen LogP contribution is -2.22. The maximum Gasteiger partial charge on any atom is 0.237 e. The van der Waals surface area contributed by atoms with Crippen molar-refractivity contribution < 1.29 is 9.53 Å². The van der Waals surface area contributed by atoms with Crippen LogP contribution in [0.3, 0.4) is 0 Å². The summed E-state index contributed by atoms with van der Waals surface area (Å²) in [6, 6.07) is 21.9. The first-order chi connectivity index (χ1) is 11.7. The summed E-state index contributed by atoms with van der Waals surface area (Å²) in [5.74, 6) is 0.698. The van der Waals surface area contributed by atoms with Gasteiger partial charge in [-0.3, -0.25) is 4.79 Å². The van der Waals surface area contributed by atoms with Crippen LogP contribution in [0.25, 0.3) is 10.8 Å². The second kappa shape index (κ2) is 7.41. The Morgan fingerprint density at radius 2 is 1.79 bits per heavy atom. The van der Waals surface area contributed by atoms with Crippen molar-refractivity contribution in [3.8, 4) is 5.75 Å². The number of carbonyl (C=O) groups excluding carboxylic acids is 1. The van der Waals surface area contributed by atoms with E-state index in [2.05, 4.69) is 35.6 Å². The third kappa shape index (κ3) is 3.89. The molecule has 0 aromatic heterocycles. The molecule has 0 heterocycles. The summed E-state index contributed by atoms with van der Waals surface area (Å²) in [7, 11) is 1.61. The average molecular weight is 337 g/mol. The normalized spacial score (nSPS) is 11.9. The number of hydrogen-bond acceptors (Lipinski definition) is 3. The zero-order valence-electron chi connectivity index (χ0n) is 13.7. The lowest BCUT2D eigenvalue weighted by atomic mass is 10.1. The van der Waals surface area contributed by atoms with Crippen LogP contribution >= 0.6 is 11.8 Å². The van der Waals surface area contributed by atoms with Gasteiger partial charge in [-0.25, -0.2) is 0 Å². The molecule has 0 radical (unpaired) electrons. The summed E-state index contributed by atoms with van der Waals surface area (Å²) >= 11 is 1.55. The number of methoxy groups -OCH3 is 1. The van der Waals surface area contributed by atoms with Crippen LogP contribution < -0.4 is 10.1 Å². The van der Waals surface area contributed by atoms with Gasteiger partial charge in [0.1, 0.15) is 5.75 Å². The van der Waals surface area contributed by atoms with Crippen molar-refractivity contribution in [1.29, 1.82) is 0 Å². The fraction of sp³-hybridized carbons (Fsp3) is 0.150. The highest BCUT2D eigenvalue weighted by Crippen LogP contribution is 2.28. The van der Waals surface area contributed by atoms with Crippen molar-refractivity contribution in [2.45, 2.75) is 17.1 Å². The van der Waals surface area contributed by atoms with Gasteiger partial charge in [0.2, 0.25) is 5.91 Å². The summed E-state index contributed by atoms with van der Waals surface area (Å²) in [6.45, 7) is 1.91. The molecule has 0 aliphatic rings. The molecular weight excluding hydrogens is 318 g/mol. The molecule has 1 atom stereocenters. The molecule has 3 rings (SSSR count). The van der Waals surface area contributed by atoms with E-state index in [0.717, 1.165) is 16.3 Å². The first kappa shape index (κ1) is 16.4. The second-order valence-corrected chi connectivity index (χ2v) is 6.90. The molecule has 0 aliphatic heterocycles. The van der Waals surface area contributed by atoms with E-state index in [-0.39, 0.29) is 11.2 Å². The molecule has 0 fully saturated rings. The van der Waals surface area contributed by atoms with Crippen molar-refractivity contribution in [2.75, 3.05) is 12.4 Å². The van der Waals surface area contributed by atoms with Crippen molar-refractivity contribution in [1.82, 2.24) is 0 Å². The molecule has 0 saturated heterocycles. The van der Waals surface area contributed by atoms with E-state index in [1.807, 2.05) is 43.3 Å². The highest BCUT2D eigenvalue weighted by molar-refractivity contribution is 8.00. The highest BCUT2D eigenvalue weighted by Gasteiger charge is 2.15. The lowest BCUT2D eigenvalue weighted by Gasteiger charge is -2.13. The topological polar surface area (TPSA) is 38.3 Å². The van der Waals surface area contributed by atoms with Crippen molar-refractivity contribution in [3.63, 3.8) is 0 Å². The van der Waals surface area contributed by atoms with Gasteiger partial charge in [0.25, 0.3) is 0 Å². The van der Waals surface area contributed by atoms with Crippen LogP contribution in [-0.4, -0.2) is 18.3 Å². The summed E-state index contributed by atoms with van der Waals surface area (Å²) in [5, 5.41) is 5.12. The number of amides is 1. The maximum atomic E-state index is 12.4. The van der Waals surface area contributed by atoms with Crippen LogP contribution in [0.4, 0.5) is 5.69 Å². The van der Waals surface area contributed by atoms with Gasteiger partial charge >= 0.3 is 0 Å². The quantitative estimate of drug-likeness (QED) is 0.668. The van der Waals surface area contributed by atoms with Gasteiger partial charge in [-0.2, -0.15) is 0 Å². The van der Waals surface area contributed by atoms with Gasteiger partial charge in [-0.05, 0) is 42.0 Å². The Hall–Kier alpha value is -2.46. The first-order valence-corrected chi connectivity index (χ1v) is 8.64. The van der Waals surface area contributed by atoms with E-state index in [1.165, 1.54) is 10.8 Å². The zero-order valence-corrected chi connectivity index (χ0v) is 14.5. The molecule has 122 valence electrons. The number of fused-ring (bicyclic) bond motifs is 1. The van der Waals surface area contributed by atoms with Crippen LogP contribution in [0, 0.1) is 0 Å². The molecule has 0 aliphatic carbocycles. The Kier molecular flexibility index (Phi) is 5.06. The molecule has 3 nitrogen and oxygen atoms in total. The van der Waals surface area contributed by atoms with Gasteiger partial charge < -0.3 is 10.1 Å².